The summed E-state index contributed by atoms with van der Waals surface area (Å²) in [7, 11) is 0. The summed E-state index contributed by atoms with van der Waals surface area (Å²) in [5.74, 6) is -0.553. The summed E-state index contributed by atoms with van der Waals surface area (Å²) in [5, 5.41) is 24.5. The summed E-state index contributed by atoms with van der Waals surface area (Å²) in [6.07, 6.45) is 0. The Balaban J connectivity index is 1.73. The van der Waals surface area contributed by atoms with E-state index in [9.17, 15) is 19.8 Å². The minimum Gasteiger partial charge on any atom is -0.493 e. The number of thioether (sulfide) groups is 2. The molecule has 0 fully saturated rings. The van der Waals surface area contributed by atoms with Gasteiger partial charge in [-0.25, -0.2) is 0 Å². The first-order valence-corrected chi connectivity index (χ1v) is 12.4. The fourth-order valence-electron chi connectivity index (χ4n) is 4.61. The number of hydrogen-bond donors (Lipinski definition) is 2. The van der Waals surface area contributed by atoms with Crippen LogP contribution in [0.5, 0.6) is 11.8 Å². The van der Waals surface area contributed by atoms with Gasteiger partial charge in [0.25, 0.3) is 11.1 Å². The van der Waals surface area contributed by atoms with E-state index in [4.69, 9.17) is 0 Å². The molecule has 0 saturated heterocycles. The Bertz CT molecular complexity index is 1480. The lowest BCUT2D eigenvalue weighted by Crippen LogP contribution is -2.32. The van der Waals surface area contributed by atoms with Crippen LogP contribution in [0.4, 0.5) is 0 Å². The number of rotatable bonds is 3. The van der Waals surface area contributed by atoms with Crippen molar-refractivity contribution >= 4 is 34.3 Å². The average molecular weight is 479 g/mol. The third kappa shape index (κ3) is 3.08. The molecule has 0 saturated carbocycles. The molecule has 33 heavy (non-hydrogen) atoms. The Labute approximate surface area is 195 Å². The highest BCUT2D eigenvalue weighted by atomic mass is 32.2. The highest BCUT2D eigenvalue weighted by Crippen LogP contribution is 2.40. The fourth-order valence-corrected chi connectivity index (χ4v) is 6.49. The summed E-state index contributed by atoms with van der Waals surface area (Å²) >= 11 is 2.79. The second-order valence-corrected chi connectivity index (χ2v) is 10.00. The molecule has 2 N–H and O–H groups in total. The van der Waals surface area contributed by atoms with Gasteiger partial charge >= 0.3 is 0 Å². The van der Waals surface area contributed by atoms with Crippen molar-refractivity contribution in [2.24, 2.45) is 0 Å². The van der Waals surface area contributed by atoms with E-state index >= 15 is 0 Å². The third-order valence-corrected chi connectivity index (χ3v) is 8.01. The first-order valence-electron chi connectivity index (χ1n) is 10.4. The number of hydrogen-bond acceptors (Lipinski definition) is 8. The largest absolute Gasteiger partial charge is 0.493 e. The normalized spacial score (nSPS) is 14.7. The lowest BCUT2D eigenvalue weighted by Gasteiger charge is -2.22. The number of nitrogens with zero attached hydrogens (tertiary/aromatic N) is 4. The molecule has 0 unspecified atom stereocenters. The van der Waals surface area contributed by atoms with Crippen molar-refractivity contribution in [2.45, 2.75) is 29.3 Å². The molecule has 0 radical (unpaired) electrons. The topological polar surface area (TPSA) is 110 Å². The van der Waals surface area contributed by atoms with E-state index in [1.54, 1.807) is 0 Å². The maximum Gasteiger partial charge on any atom is 0.262 e. The molecule has 0 aliphatic carbocycles. The van der Waals surface area contributed by atoms with Crippen LogP contribution in [-0.2, 0) is 13.1 Å². The Morgan fingerprint density at radius 1 is 0.788 bits per heavy atom. The molecule has 8 nitrogen and oxygen atoms in total. The average Bonchev–Trinajstić information content (AvgIpc) is 3.47. The molecule has 166 valence electrons. The molecule has 0 bridgehead atoms. The van der Waals surface area contributed by atoms with E-state index in [0.717, 1.165) is 10.8 Å². The van der Waals surface area contributed by atoms with Crippen LogP contribution >= 0.6 is 23.5 Å². The predicted octanol–water partition coefficient (Wildman–Crippen LogP) is 2.76. The number of benzene rings is 2. The SMILES string of the molecule is O=c1c(C(c2c(O)nc3n(c2=O)CCS3)c2cccc3ccccc23)c(O)nc2n1CCS2. The maximum atomic E-state index is 13.6. The molecular weight excluding hydrogens is 460 g/mol. The standard InChI is InChI=1S/C23H18N4O4S2/c28-18-16(20(30)26-8-10-32-22(26)24-18)15(14-7-3-5-12-4-1-2-6-13(12)14)17-19(29)25-23-27(21(17)31)9-11-33-23/h1-7,15,28-29H,8-11H2. The zero-order chi connectivity index (χ0) is 22.7. The summed E-state index contributed by atoms with van der Waals surface area (Å²) in [4.78, 5) is 35.7. The minimum absolute atomic E-state index is 0.0296. The van der Waals surface area contributed by atoms with Gasteiger partial charge in [0.2, 0.25) is 11.8 Å². The van der Waals surface area contributed by atoms with Crippen LogP contribution in [0.1, 0.15) is 22.6 Å². The Morgan fingerprint density at radius 3 is 1.94 bits per heavy atom. The van der Waals surface area contributed by atoms with E-state index in [1.165, 1.54) is 32.7 Å². The summed E-state index contributed by atoms with van der Waals surface area (Å²) in [6, 6.07) is 13.2. The van der Waals surface area contributed by atoms with Crippen molar-refractivity contribution in [3.63, 3.8) is 0 Å². The number of aromatic hydroxyl groups is 2. The second kappa shape index (κ2) is 7.67. The molecule has 0 amide bonds. The summed E-state index contributed by atoms with van der Waals surface area (Å²) in [5.41, 5.74) is -0.275. The van der Waals surface area contributed by atoms with Crippen molar-refractivity contribution in [1.29, 1.82) is 0 Å². The van der Waals surface area contributed by atoms with Crippen LogP contribution in [0.2, 0.25) is 0 Å². The van der Waals surface area contributed by atoms with Gasteiger partial charge in [0.1, 0.15) is 0 Å². The molecule has 4 heterocycles. The third-order valence-electron chi connectivity index (χ3n) is 6.10. The van der Waals surface area contributed by atoms with E-state index in [-0.39, 0.29) is 11.1 Å². The van der Waals surface area contributed by atoms with Gasteiger partial charge in [-0.05, 0) is 16.3 Å². The molecule has 10 heteroatoms. The van der Waals surface area contributed by atoms with Gasteiger partial charge in [0.05, 0.1) is 17.0 Å². The first kappa shape index (κ1) is 20.4. The molecule has 4 aromatic rings. The fraction of sp³-hybridized carbons (Fsp3) is 0.217. The van der Waals surface area contributed by atoms with Crippen LogP contribution in [0.25, 0.3) is 10.8 Å². The molecule has 0 atom stereocenters. The van der Waals surface area contributed by atoms with Crippen LogP contribution in [0.3, 0.4) is 0 Å². The molecule has 2 aromatic heterocycles. The predicted molar refractivity (Wildman–Crippen MR) is 127 cm³/mol. The van der Waals surface area contributed by atoms with E-state index in [2.05, 4.69) is 9.97 Å². The molecule has 2 aliphatic heterocycles. The van der Waals surface area contributed by atoms with Crippen LogP contribution in [-0.4, -0.2) is 40.8 Å². The van der Waals surface area contributed by atoms with Gasteiger partial charge in [-0.15, -0.1) is 0 Å². The van der Waals surface area contributed by atoms with Crippen LogP contribution in [0, 0.1) is 0 Å². The Hall–Kier alpha value is -3.24. The molecular formula is C23H18N4O4S2. The van der Waals surface area contributed by atoms with Crippen molar-refractivity contribution in [3.05, 3.63) is 79.9 Å². The Kier molecular flexibility index (Phi) is 4.73. The lowest BCUT2D eigenvalue weighted by atomic mass is 9.84. The first-order chi connectivity index (χ1) is 16.0. The highest BCUT2D eigenvalue weighted by molar-refractivity contribution is 7.99. The van der Waals surface area contributed by atoms with Crippen molar-refractivity contribution in [1.82, 2.24) is 19.1 Å². The van der Waals surface area contributed by atoms with Crippen molar-refractivity contribution < 1.29 is 10.2 Å². The maximum absolute atomic E-state index is 13.6. The van der Waals surface area contributed by atoms with Crippen LogP contribution < -0.4 is 11.1 Å². The van der Waals surface area contributed by atoms with Crippen LogP contribution in [0.15, 0.2) is 62.4 Å². The van der Waals surface area contributed by atoms with E-state index < -0.39 is 28.8 Å². The smallest absolute Gasteiger partial charge is 0.262 e. The lowest BCUT2D eigenvalue weighted by molar-refractivity contribution is 0.414. The highest BCUT2D eigenvalue weighted by Gasteiger charge is 2.35. The van der Waals surface area contributed by atoms with Gasteiger partial charge in [-0.1, -0.05) is 66.0 Å². The zero-order valence-corrected chi connectivity index (χ0v) is 18.9. The molecule has 2 aromatic carbocycles. The van der Waals surface area contributed by atoms with Crippen molar-refractivity contribution in [3.8, 4) is 11.8 Å². The van der Waals surface area contributed by atoms with Gasteiger partial charge < -0.3 is 10.2 Å². The summed E-state index contributed by atoms with van der Waals surface area (Å²) in [6.45, 7) is 0.927. The Morgan fingerprint density at radius 2 is 1.33 bits per heavy atom. The zero-order valence-electron chi connectivity index (χ0n) is 17.3. The molecule has 2 aliphatic rings. The monoisotopic (exact) mass is 478 g/mol. The van der Waals surface area contributed by atoms with E-state index in [1.807, 2.05) is 42.5 Å². The van der Waals surface area contributed by atoms with Gasteiger partial charge in [-0.2, -0.15) is 9.97 Å². The quantitative estimate of drug-likeness (QED) is 0.433. The summed E-state index contributed by atoms with van der Waals surface area (Å²) < 4.78 is 3.03. The minimum atomic E-state index is -1.04. The number of fused-ring (bicyclic) bond motifs is 3. The molecule has 0 spiro atoms. The van der Waals surface area contributed by atoms with Gasteiger partial charge in [-0.3, -0.25) is 18.7 Å². The van der Waals surface area contributed by atoms with E-state index in [0.29, 0.717) is 40.5 Å². The number of aromatic nitrogens is 4. The van der Waals surface area contributed by atoms with Crippen molar-refractivity contribution in [2.75, 3.05) is 11.5 Å². The van der Waals surface area contributed by atoms with Gasteiger partial charge in [0.15, 0.2) is 10.3 Å². The van der Waals surface area contributed by atoms with Gasteiger partial charge in [0, 0.05) is 24.6 Å². The second-order valence-electron chi connectivity index (χ2n) is 7.88. The molecule has 6 rings (SSSR count).